The molecule has 0 saturated heterocycles. The molecule has 0 spiro atoms. The van der Waals surface area contributed by atoms with E-state index in [1.807, 2.05) is 32.0 Å². The lowest BCUT2D eigenvalue weighted by Gasteiger charge is -2.22. The summed E-state index contributed by atoms with van der Waals surface area (Å²) in [7, 11) is 0. The number of benzene rings is 1. The van der Waals surface area contributed by atoms with Gasteiger partial charge >= 0.3 is 5.97 Å². The standard InChI is InChI=1S/C19H29NO4/c1-6-14(3)24-16-9-13(2)7-8-15(16)12-20-17(21)10-19(4,5)11-18(22)23/h7-9,14H,6,10-12H2,1-5H3,(H,20,21)(H,22,23). The summed E-state index contributed by atoms with van der Waals surface area (Å²) in [5.74, 6) is -0.263. The highest BCUT2D eigenvalue weighted by Gasteiger charge is 2.25. The number of amides is 1. The van der Waals surface area contributed by atoms with E-state index in [9.17, 15) is 9.59 Å². The summed E-state index contributed by atoms with van der Waals surface area (Å²) >= 11 is 0. The molecule has 1 aromatic rings. The number of nitrogens with one attached hydrogen (secondary N) is 1. The largest absolute Gasteiger partial charge is 0.490 e. The Morgan fingerprint density at radius 1 is 1.29 bits per heavy atom. The summed E-state index contributed by atoms with van der Waals surface area (Å²) in [5, 5.41) is 11.8. The van der Waals surface area contributed by atoms with Crippen molar-refractivity contribution in [2.75, 3.05) is 0 Å². The van der Waals surface area contributed by atoms with Crippen LogP contribution in [0.25, 0.3) is 0 Å². The van der Waals surface area contributed by atoms with Crippen molar-refractivity contribution < 1.29 is 19.4 Å². The van der Waals surface area contributed by atoms with Crippen molar-refractivity contribution in [2.45, 2.75) is 66.5 Å². The van der Waals surface area contributed by atoms with Gasteiger partial charge in [0.1, 0.15) is 5.75 Å². The minimum absolute atomic E-state index is 0.0344. The molecule has 0 heterocycles. The second kappa shape index (κ2) is 8.71. The van der Waals surface area contributed by atoms with Crippen LogP contribution < -0.4 is 10.1 Å². The predicted octanol–water partition coefficient (Wildman–Crippen LogP) is 3.68. The SMILES string of the molecule is CCC(C)Oc1cc(C)ccc1CNC(=O)CC(C)(C)CC(=O)O. The van der Waals surface area contributed by atoms with Gasteiger partial charge in [-0.1, -0.05) is 32.9 Å². The normalized spacial score (nSPS) is 12.5. The molecule has 134 valence electrons. The molecular formula is C19H29NO4. The Bertz CT molecular complexity index is 581. The highest BCUT2D eigenvalue weighted by molar-refractivity contribution is 5.78. The van der Waals surface area contributed by atoms with Gasteiger partial charge in [-0.2, -0.15) is 0 Å². The first kappa shape index (κ1) is 20.0. The van der Waals surface area contributed by atoms with E-state index >= 15 is 0 Å². The fourth-order valence-electron chi connectivity index (χ4n) is 2.38. The van der Waals surface area contributed by atoms with Crippen LogP contribution in [0.15, 0.2) is 18.2 Å². The van der Waals surface area contributed by atoms with Crippen LogP contribution in [0, 0.1) is 12.3 Å². The average molecular weight is 335 g/mol. The molecular weight excluding hydrogens is 306 g/mol. The van der Waals surface area contributed by atoms with Gasteiger partial charge in [0.05, 0.1) is 12.5 Å². The van der Waals surface area contributed by atoms with Gasteiger partial charge in [-0.05, 0) is 37.3 Å². The van der Waals surface area contributed by atoms with Gasteiger partial charge in [0.15, 0.2) is 0 Å². The second-order valence-corrected chi connectivity index (χ2v) is 7.14. The number of aryl methyl sites for hydroxylation is 1. The fourth-order valence-corrected chi connectivity index (χ4v) is 2.38. The Kier molecular flexibility index (Phi) is 7.26. The zero-order valence-electron chi connectivity index (χ0n) is 15.3. The lowest BCUT2D eigenvalue weighted by atomic mass is 9.85. The molecule has 0 aromatic heterocycles. The van der Waals surface area contributed by atoms with Crippen LogP contribution in [-0.4, -0.2) is 23.1 Å². The molecule has 0 aliphatic rings. The molecule has 1 rings (SSSR count). The van der Waals surface area contributed by atoms with E-state index in [-0.39, 0.29) is 24.9 Å². The van der Waals surface area contributed by atoms with Crippen molar-refractivity contribution in [3.63, 3.8) is 0 Å². The minimum Gasteiger partial charge on any atom is -0.490 e. The van der Waals surface area contributed by atoms with Crippen molar-refractivity contribution in [3.8, 4) is 5.75 Å². The van der Waals surface area contributed by atoms with Crippen molar-refractivity contribution in [1.29, 1.82) is 0 Å². The number of aliphatic carboxylic acids is 1. The van der Waals surface area contributed by atoms with E-state index in [0.29, 0.717) is 6.54 Å². The van der Waals surface area contributed by atoms with Crippen molar-refractivity contribution >= 4 is 11.9 Å². The lowest BCUT2D eigenvalue weighted by molar-refractivity contribution is -0.139. The fraction of sp³-hybridized carbons (Fsp3) is 0.579. The van der Waals surface area contributed by atoms with E-state index in [2.05, 4.69) is 12.2 Å². The van der Waals surface area contributed by atoms with Crippen molar-refractivity contribution in [1.82, 2.24) is 5.32 Å². The van der Waals surface area contributed by atoms with E-state index < -0.39 is 11.4 Å². The first-order valence-corrected chi connectivity index (χ1v) is 8.37. The number of rotatable bonds is 9. The molecule has 0 fully saturated rings. The van der Waals surface area contributed by atoms with Crippen molar-refractivity contribution in [2.24, 2.45) is 5.41 Å². The molecule has 1 aromatic carbocycles. The van der Waals surface area contributed by atoms with Crippen LogP contribution in [0.5, 0.6) is 5.75 Å². The number of ether oxygens (including phenoxy) is 1. The monoisotopic (exact) mass is 335 g/mol. The molecule has 0 aliphatic carbocycles. The molecule has 1 amide bonds. The smallest absolute Gasteiger partial charge is 0.303 e. The van der Waals surface area contributed by atoms with E-state index in [1.165, 1.54) is 0 Å². The molecule has 1 unspecified atom stereocenters. The first-order valence-electron chi connectivity index (χ1n) is 8.37. The quantitative estimate of drug-likeness (QED) is 0.722. The molecule has 5 heteroatoms. The summed E-state index contributed by atoms with van der Waals surface area (Å²) < 4.78 is 5.93. The number of hydrogen-bond donors (Lipinski definition) is 2. The third kappa shape index (κ3) is 7.02. The number of hydrogen-bond acceptors (Lipinski definition) is 3. The Morgan fingerprint density at radius 2 is 1.96 bits per heavy atom. The highest BCUT2D eigenvalue weighted by atomic mass is 16.5. The molecule has 0 radical (unpaired) electrons. The van der Waals surface area contributed by atoms with Crippen LogP contribution in [0.3, 0.4) is 0 Å². The molecule has 1 atom stereocenters. The number of carbonyl (C=O) groups excluding carboxylic acids is 1. The minimum atomic E-state index is -0.893. The zero-order chi connectivity index (χ0) is 18.3. The third-order valence-electron chi connectivity index (χ3n) is 3.87. The first-order chi connectivity index (χ1) is 11.1. The second-order valence-electron chi connectivity index (χ2n) is 7.14. The van der Waals surface area contributed by atoms with Crippen LogP contribution >= 0.6 is 0 Å². The molecule has 0 aliphatic heterocycles. The van der Waals surface area contributed by atoms with Crippen LogP contribution in [0.1, 0.15) is 58.1 Å². The van der Waals surface area contributed by atoms with Gasteiger partial charge in [-0.3, -0.25) is 9.59 Å². The topological polar surface area (TPSA) is 75.6 Å². The highest BCUT2D eigenvalue weighted by Crippen LogP contribution is 2.25. The maximum atomic E-state index is 12.1. The van der Waals surface area contributed by atoms with E-state index in [1.54, 1.807) is 13.8 Å². The van der Waals surface area contributed by atoms with Crippen LogP contribution in [0.2, 0.25) is 0 Å². The Balaban J connectivity index is 2.69. The van der Waals surface area contributed by atoms with Crippen molar-refractivity contribution in [3.05, 3.63) is 29.3 Å². The molecule has 5 nitrogen and oxygen atoms in total. The summed E-state index contributed by atoms with van der Waals surface area (Å²) in [5.41, 5.74) is 1.45. The van der Waals surface area contributed by atoms with Gasteiger partial charge in [-0.25, -0.2) is 0 Å². The Labute approximate surface area is 144 Å². The van der Waals surface area contributed by atoms with Gasteiger partial charge in [0.25, 0.3) is 0 Å². The summed E-state index contributed by atoms with van der Waals surface area (Å²) in [6.07, 6.45) is 1.15. The summed E-state index contributed by atoms with van der Waals surface area (Å²) in [6.45, 7) is 10.0. The Hall–Kier alpha value is -2.04. The summed E-state index contributed by atoms with van der Waals surface area (Å²) in [6, 6.07) is 5.91. The molecule has 0 bridgehead atoms. The van der Waals surface area contributed by atoms with Gasteiger partial charge in [-0.15, -0.1) is 0 Å². The van der Waals surface area contributed by atoms with E-state index in [4.69, 9.17) is 9.84 Å². The van der Waals surface area contributed by atoms with Crippen LogP contribution in [0.4, 0.5) is 0 Å². The Morgan fingerprint density at radius 3 is 2.54 bits per heavy atom. The lowest BCUT2D eigenvalue weighted by Crippen LogP contribution is -2.30. The van der Waals surface area contributed by atoms with Gasteiger partial charge in [0.2, 0.25) is 5.91 Å². The molecule has 2 N–H and O–H groups in total. The number of carboxylic acids is 1. The predicted molar refractivity (Wildman–Crippen MR) is 94.1 cm³/mol. The third-order valence-corrected chi connectivity index (χ3v) is 3.87. The van der Waals surface area contributed by atoms with E-state index in [0.717, 1.165) is 23.3 Å². The summed E-state index contributed by atoms with van der Waals surface area (Å²) in [4.78, 5) is 23.0. The maximum absolute atomic E-state index is 12.1. The number of carboxylic acid groups (broad SMARTS) is 1. The van der Waals surface area contributed by atoms with Crippen LogP contribution in [-0.2, 0) is 16.1 Å². The maximum Gasteiger partial charge on any atom is 0.303 e. The molecule has 24 heavy (non-hydrogen) atoms. The average Bonchev–Trinajstić information content (AvgIpc) is 2.44. The van der Waals surface area contributed by atoms with Gasteiger partial charge in [0, 0.05) is 18.5 Å². The molecule has 0 saturated carbocycles. The zero-order valence-corrected chi connectivity index (χ0v) is 15.3. The van der Waals surface area contributed by atoms with Gasteiger partial charge < -0.3 is 15.2 Å². The number of carbonyl (C=O) groups is 2.